The van der Waals surface area contributed by atoms with Crippen molar-refractivity contribution in [3.63, 3.8) is 0 Å². The maximum absolute atomic E-state index is 12.7. The molecule has 0 saturated heterocycles. The van der Waals surface area contributed by atoms with Gasteiger partial charge in [0.15, 0.2) is 0 Å². The van der Waals surface area contributed by atoms with Crippen molar-refractivity contribution in [3.05, 3.63) is 74.5 Å². The highest BCUT2D eigenvalue weighted by Gasteiger charge is 2.37. The van der Waals surface area contributed by atoms with E-state index >= 15 is 0 Å². The van der Waals surface area contributed by atoms with E-state index in [1.807, 2.05) is 6.07 Å². The second-order valence-corrected chi connectivity index (χ2v) is 6.83. The average molecular weight is 439 g/mol. The van der Waals surface area contributed by atoms with Gasteiger partial charge in [0.1, 0.15) is 23.2 Å². The van der Waals surface area contributed by atoms with Gasteiger partial charge in [-0.25, -0.2) is 4.79 Å². The minimum atomic E-state index is -0.878. The van der Waals surface area contributed by atoms with Crippen LogP contribution in [-0.2, 0) is 21.0 Å². The molecule has 1 aromatic heterocycles. The second kappa shape index (κ2) is 9.22. The highest BCUT2D eigenvalue weighted by Crippen LogP contribution is 2.43. The number of carbonyl (C=O) groups is 1. The molecule has 0 spiro atoms. The topological polar surface area (TPSA) is 156 Å². The van der Waals surface area contributed by atoms with Crippen molar-refractivity contribution in [2.24, 2.45) is 5.73 Å². The Bertz CT molecular complexity index is 1170. The van der Waals surface area contributed by atoms with E-state index in [0.717, 1.165) is 0 Å². The quantitative estimate of drug-likeness (QED) is 0.389. The summed E-state index contributed by atoms with van der Waals surface area (Å²) in [4.78, 5) is 23.1. The zero-order chi connectivity index (χ0) is 23.4. The van der Waals surface area contributed by atoms with Crippen molar-refractivity contribution in [1.29, 1.82) is 5.26 Å². The Morgan fingerprint density at radius 1 is 1.41 bits per heavy atom. The molecule has 1 aliphatic heterocycles. The van der Waals surface area contributed by atoms with Gasteiger partial charge in [-0.2, -0.15) is 5.26 Å². The second-order valence-electron chi connectivity index (χ2n) is 6.83. The number of ether oxygens (including phenoxy) is 3. The molecule has 11 nitrogen and oxygen atoms in total. The van der Waals surface area contributed by atoms with Gasteiger partial charge in [0.05, 0.1) is 35.0 Å². The lowest BCUT2D eigenvalue weighted by Crippen LogP contribution is -2.26. The van der Waals surface area contributed by atoms with E-state index < -0.39 is 16.8 Å². The van der Waals surface area contributed by atoms with Gasteiger partial charge in [0.25, 0.3) is 0 Å². The number of allylic oxidation sites excluding steroid dienone is 2. The maximum atomic E-state index is 12.7. The minimum Gasteiger partial charge on any atom is -0.469 e. The van der Waals surface area contributed by atoms with Crippen LogP contribution in [0.15, 0.2) is 53.1 Å². The Kier molecular flexibility index (Phi) is 6.44. The Morgan fingerprint density at radius 2 is 2.12 bits per heavy atom. The largest absolute Gasteiger partial charge is 0.469 e. The van der Waals surface area contributed by atoms with Crippen LogP contribution >= 0.6 is 0 Å². The molecule has 11 heteroatoms. The monoisotopic (exact) mass is 439 g/mol. The molecule has 0 aliphatic carbocycles. The molecule has 1 unspecified atom stereocenters. The molecule has 1 aromatic carbocycles. The van der Waals surface area contributed by atoms with Gasteiger partial charge in [-0.15, -0.1) is 4.68 Å². The third kappa shape index (κ3) is 4.24. The summed E-state index contributed by atoms with van der Waals surface area (Å²) >= 11 is 0. The number of hydrogen-bond acceptors (Lipinski definition) is 9. The fourth-order valence-corrected chi connectivity index (χ4v) is 3.36. The molecular weight excluding hydrogens is 418 g/mol. The molecule has 1 atom stereocenters. The van der Waals surface area contributed by atoms with Crippen LogP contribution in [0.2, 0.25) is 0 Å². The summed E-state index contributed by atoms with van der Waals surface area (Å²) in [5.41, 5.74) is 7.14. The number of nitro groups is 1. The number of esters is 1. The van der Waals surface area contributed by atoms with Crippen LogP contribution in [0.4, 0.5) is 5.82 Å². The smallest absolute Gasteiger partial charge is 0.390 e. The van der Waals surface area contributed by atoms with Crippen LogP contribution in [0.1, 0.15) is 31.0 Å². The first kappa shape index (κ1) is 22.4. The number of carbonyl (C=O) groups excluding carboxylic acids is 1. The van der Waals surface area contributed by atoms with Gasteiger partial charge in [-0.1, -0.05) is 18.2 Å². The summed E-state index contributed by atoms with van der Waals surface area (Å²) in [6, 6.07) is 10.1. The standard InChI is InChI=1S/C21H21N5O6/c1-4-30-21(27)18-13(3)32-20(23)15(10-22)19(18)14-7-5-6-8-16(14)31-11-25-12(2)9-17(24-25)26(28)29/h5-9,19H,4,11,23H2,1-3H3. The third-order valence-corrected chi connectivity index (χ3v) is 4.83. The van der Waals surface area contributed by atoms with Gasteiger partial charge in [-0.05, 0) is 31.8 Å². The molecule has 3 rings (SSSR count). The van der Waals surface area contributed by atoms with Crippen molar-refractivity contribution in [3.8, 4) is 11.8 Å². The number of para-hydroxylation sites is 1. The van der Waals surface area contributed by atoms with Crippen LogP contribution in [0.3, 0.4) is 0 Å². The van der Waals surface area contributed by atoms with E-state index in [9.17, 15) is 20.2 Å². The predicted octanol–water partition coefficient (Wildman–Crippen LogP) is 2.78. The molecule has 32 heavy (non-hydrogen) atoms. The van der Waals surface area contributed by atoms with Gasteiger partial charge >= 0.3 is 11.8 Å². The first-order valence-electron chi connectivity index (χ1n) is 9.64. The van der Waals surface area contributed by atoms with E-state index in [4.69, 9.17) is 19.9 Å². The SMILES string of the molecule is CCOC(=O)C1=C(C)OC(N)=C(C#N)C1c1ccccc1OCn1nc([N+](=O)[O-])cc1C. The van der Waals surface area contributed by atoms with Gasteiger partial charge in [-0.3, -0.25) is 0 Å². The lowest BCUT2D eigenvalue weighted by molar-refractivity contribution is -0.389. The number of hydrogen-bond donors (Lipinski definition) is 1. The van der Waals surface area contributed by atoms with E-state index in [2.05, 4.69) is 5.10 Å². The zero-order valence-corrected chi connectivity index (χ0v) is 17.7. The van der Waals surface area contributed by atoms with Gasteiger partial charge < -0.3 is 30.1 Å². The summed E-state index contributed by atoms with van der Waals surface area (Å²) in [6.07, 6.45) is 0. The average Bonchev–Trinajstić information content (AvgIpc) is 3.13. The van der Waals surface area contributed by atoms with Gasteiger partial charge in [0.2, 0.25) is 12.6 Å². The minimum absolute atomic E-state index is 0.0422. The molecule has 0 saturated carbocycles. The summed E-state index contributed by atoms with van der Waals surface area (Å²) in [5.74, 6) is -1.36. The highest BCUT2D eigenvalue weighted by molar-refractivity contribution is 5.92. The Morgan fingerprint density at radius 3 is 2.75 bits per heavy atom. The number of nitriles is 1. The van der Waals surface area contributed by atoms with Gasteiger partial charge in [0, 0.05) is 5.56 Å². The number of rotatable bonds is 7. The third-order valence-electron chi connectivity index (χ3n) is 4.83. The van der Waals surface area contributed by atoms with Crippen LogP contribution in [0, 0.1) is 28.4 Å². The fraction of sp³-hybridized carbons (Fsp3) is 0.286. The van der Waals surface area contributed by atoms with Crippen molar-refractivity contribution in [1.82, 2.24) is 9.78 Å². The van der Waals surface area contributed by atoms with Crippen LogP contribution < -0.4 is 10.5 Å². The first-order valence-corrected chi connectivity index (χ1v) is 9.64. The van der Waals surface area contributed by atoms with Crippen LogP contribution in [0.5, 0.6) is 5.75 Å². The molecule has 0 amide bonds. The summed E-state index contributed by atoms with van der Waals surface area (Å²) in [7, 11) is 0. The Labute approximate surface area is 183 Å². The summed E-state index contributed by atoms with van der Waals surface area (Å²) < 4.78 is 17.8. The summed E-state index contributed by atoms with van der Waals surface area (Å²) in [6.45, 7) is 4.91. The zero-order valence-electron chi connectivity index (χ0n) is 17.7. The molecule has 0 radical (unpaired) electrons. The molecular formula is C21H21N5O6. The number of nitrogens with zero attached hydrogens (tertiary/aromatic N) is 4. The number of aryl methyl sites for hydroxylation is 1. The lowest BCUT2D eigenvalue weighted by Gasteiger charge is -2.27. The van der Waals surface area contributed by atoms with Crippen molar-refractivity contribution in [2.45, 2.75) is 33.4 Å². The fourth-order valence-electron chi connectivity index (χ4n) is 3.36. The van der Waals surface area contributed by atoms with E-state index in [-0.39, 0.29) is 41.9 Å². The number of benzene rings is 1. The number of nitrogens with two attached hydrogens (primary N) is 1. The van der Waals surface area contributed by atoms with E-state index in [1.165, 1.54) is 10.7 Å². The molecule has 0 fully saturated rings. The summed E-state index contributed by atoms with van der Waals surface area (Å²) in [5, 5.41) is 24.6. The lowest BCUT2D eigenvalue weighted by atomic mass is 9.82. The number of aromatic nitrogens is 2. The highest BCUT2D eigenvalue weighted by atomic mass is 16.6. The molecule has 166 valence electrons. The van der Waals surface area contributed by atoms with E-state index in [1.54, 1.807) is 45.0 Å². The molecule has 0 bridgehead atoms. The van der Waals surface area contributed by atoms with Crippen LogP contribution in [0.25, 0.3) is 0 Å². The van der Waals surface area contributed by atoms with Crippen molar-refractivity contribution in [2.75, 3.05) is 6.61 Å². The molecule has 1 aliphatic rings. The van der Waals surface area contributed by atoms with E-state index in [0.29, 0.717) is 17.0 Å². The first-order chi connectivity index (χ1) is 15.3. The molecule has 2 N–H and O–H groups in total. The Hall–Kier alpha value is -4.33. The molecule has 2 aromatic rings. The van der Waals surface area contributed by atoms with Crippen molar-refractivity contribution < 1.29 is 23.9 Å². The molecule has 2 heterocycles. The maximum Gasteiger partial charge on any atom is 0.390 e. The van der Waals surface area contributed by atoms with Crippen LogP contribution in [-0.4, -0.2) is 27.3 Å². The predicted molar refractivity (Wildman–Crippen MR) is 111 cm³/mol. The normalized spacial score (nSPS) is 15.8. The van der Waals surface area contributed by atoms with Crippen molar-refractivity contribution >= 4 is 11.8 Å². The Balaban J connectivity index is 2.02.